The lowest BCUT2D eigenvalue weighted by Crippen LogP contribution is -2.68. The number of nitrogens with zero attached hydrogens (tertiary/aromatic N) is 6. The number of alkyl halides is 3. The summed E-state index contributed by atoms with van der Waals surface area (Å²) >= 11 is 0. The van der Waals surface area contributed by atoms with Crippen LogP contribution in [0.5, 0.6) is 0 Å². The van der Waals surface area contributed by atoms with Gasteiger partial charge < -0.3 is 5.32 Å². The maximum absolute atomic E-state index is 13.4. The fourth-order valence-electron chi connectivity index (χ4n) is 3.10. The van der Waals surface area contributed by atoms with Crippen LogP contribution in [0.1, 0.15) is 5.82 Å². The van der Waals surface area contributed by atoms with Gasteiger partial charge >= 0.3 is 6.18 Å². The minimum Gasteiger partial charge on any atom is -0.367 e. The summed E-state index contributed by atoms with van der Waals surface area (Å²) in [5, 5.41) is 15.4. The van der Waals surface area contributed by atoms with Crippen molar-refractivity contribution in [1.29, 1.82) is 0 Å². The molecule has 4 rings (SSSR count). The normalized spacial score (nSPS) is 17.4. The number of pyridine rings is 1. The molecule has 0 bridgehead atoms. The van der Waals surface area contributed by atoms with Gasteiger partial charge in [-0.05, 0) is 12.1 Å². The molecule has 0 amide bonds. The summed E-state index contributed by atoms with van der Waals surface area (Å²) < 4.78 is 78.4. The van der Waals surface area contributed by atoms with E-state index in [9.17, 15) is 26.0 Å². The molecule has 0 aliphatic carbocycles. The molecule has 0 radical (unpaired) electrons. The predicted molar refractivity (Wildman–Crippen MR) is 91.3 cm³/mol. The Kier molecular flexibility index (Phi) is 4.29. The molecule has 10 nitrogen and oxygen atoms in total. The highest BCUT2D eigenvalue weighted by molar-refractivity contribution is 7.86. The first kappa shape index (κ1) is 19.5. The van der Waals surface area contributed by atoms with Gasteiger partial charge in [-0.3, -0.25) is 4.68 Å². The fourth-order valence-corrected chi connectivity index (χ4v) is 3.94. The van der Waals surface area contributed by atoms with Crippen LogP contribution < -0.4 is 10.5 Å². The zero-order valence-corrected chi connectivity index (χ0v) is 15.3. The van der Waals surface area contributed by atoms with Gasteiger partial charge in [-0.15, -0.1) is 5.10 Å². The van der Waals surface area contributed by atoms with Gasteiger partial charge in [-0.1, -0.05) is 6.07 Å². The molecule has 3 N–H and O–H groups in total. The van der Waals surface area contributed by atoms with Crippen molar-refractivity contribution < 1.29 is 26.0 Å². The van der Waals surface area contributed by atoms with E-state index in [1.165, 1.54) is 22.9 Å². The number of hydrogen-bond donors (Lipinski definition) is 2. The third-order valence-corrected chi connectivity index (χ3v) is 5.53. The van der Waals surface area contributed by atoms with Crippen molar-refractivity contribution in [2.45, 2.75) is 11.7 Å². The van der Waals surface area contributed by atoms with Crippen molar-refractivity contribution in [3.8, 4) is 0 Å². The second-order valence-corrected chi connectivity index (χ2v) is 8.15. The summed E-state index contributed by atoms with van der Waals surface area (Å²) in [5.74, 6) is -1.72. The lowest BCUT2D eigenvalue weighted by Gasteiger charge is -2.48. The summed E-state index contributed by atoms with van der Waals surface area (Å²) in [6.45, 7) is -0.178. The number of nitrogens with one attached hydrogen (secondary N) is 1. The Balaban J connectivity index is 1.63. The van der Waals surface area contributed by atoms with Gasteiger partial charge in [0, 0.05) is 19.6 Å². The standard InChI is InChI=1S/C14H14F4N8O2S/c15-9-4-21-25(5-9)13(7-24(8-13)29(19,27)28)6-20-10-2-1-3-11-22-12(14(16,17)18)23-26(10)11/h1-5,20H,6-8H2,(H2,19,27,28). The number of hydrogen-bond acceptors (Lipinski definition) is 6. The molecule has 0 atom stereocenters. The van der Waals surface area contributed by atoms with Crippen LogP contribution in [0.25, 0.3) is 5.65 Å². The highest BCUT2D eigenvalue weighted by Crippen LogP contribution is 2.31. The predicted octanol–water partition coefficient (Wildman–Crippen LogP) is 0.410. The summed E-state index contributed by atoms with van der Waals surface area (Å²) in [6.07, 6.45) is -2.64. The molecular formula is C14H14F4N8O2S. The molecule has 1 fully saturated rings. The van der Waals surface area contributed by atoms with Gasteiger partial charge in [0.25, 0.3) is 16.0 Å². The van der Waals surface area contributed by atoms with Crippen LogP contribution in [0.2, 0.25) is 0 Å². The summed E-state index contributed by atoms with van der Waals surface area (Å²) in [5.41, 5.74) is -1.02. The Labute approximate surface area is 161 Å². The van der Waals surface area contributed by atoms with Crippen molar-refractivity contribution in [2.24, 2.45) is 5.14 Å². The summed E-state index contributed by atoms with van der Waals surface area (Å²) in [6, 6.07) is 4.33. The number of halogens is 4. The quantitative estimate of drug-likeness (QED) is 0.561. The minimum atomic E-state index is -4.71. The van der Waals surface area contributed by atoms with Crippen LogP contribution in [0.15, 0.2) is 30.6 Å². The molecule has 1 saturated heterocycles. The number of aromatic nitrogens is 5. The van der Waals surface area contributed by atoms with Gasteiger partial charge in [-0.25, -0.2) is 14.5 Å². The van der Waals surface area contributed by atoms with Crippen LogP contribution in [0, 0.1) is 5.82 Å². The molecule has 156 valence electrons. The SMILES string of the molecule is NS(=O)(=O)N1CC(CNc2cccc3nc(C(F)(F)F)nn23)(n2cc(F)cn2)C1. The molecule has 15 heteroatoms. The largest absolute Gasteiger partial charge is 0.453 e. The Morgan fingerprint density at radius 3 is 2.59 bits per heavy atom. The Morgan fingerprint density at radius 2 is 2.00 bits per heavy atom. The molecule has 1 aliphatic rings. The van der Waals surface area contributed by atoms with Crippen molar-refractivity contribution in [3.05, 3.63) is 42.2 Å². The van der Waals surface area contributed by atoms with Gasteiger partial charge in [0.1, 0.15) is 11.4 Å². The highest BCUT2D eigenvalue weighted by Gasteiger charge is 2.49. The van der Waals surface area contributed by atoms with Crippen molar-refractivity contribution in [3.63, 3.8) is 0 Å². The van der Waals surface area contributed by atoms with Gasteiger partial charge in [-0.2, -0.15) is 35.5 Å². The average Bonchev–Trinajstić information content (AvgIpc) is 3.19. The zero-order valence-electron chi connectivity index (χ0n) is 14.5. The maximum atomic E-state index is 13.4. The Hall–Kier alpha value is -2.78. The van der Waals surface area contributed by atoms with Gasteiger partial charge in [0.05, 0.1) is 12.4 Å². The number of rotatable bonds is 5. The molecule has 0 aromatic carbocycles. The summed E-state index contributed by atoms with van der Waals surface area (Å²) in [4.78, 5) is 3.44. The van der Waals surface area contributed by atoms with E-state index in [0.29, 0.717) is 0 Å². The molecule has 29 heavy (non-hydrogen) atoms. The average molecular weight is 434 g/mol. The number of nitrogens with two attached hydrogens (primary N) is 1. The number of fused-ring (bicyclic) bond motifs is 1. The van der Waals surface area contributed by atoms with Crippen molar-refractivity contribution in [1.82, 2.24) is 28.7 Å². The van der Waals surface area contributed by atoms with Gasteiger partial charge in [0.2, 0.25) is 0 Å². The topological polar surface area (TPSA) is 123 Å². The Bertz CT molecular complexity index is 1170. The van der Waals surface area contributed by atoms with E-state index in [1.54, 1.807) is 0 Å². The van der Waals surface area contributed by atoms with E-state index in [2.05, 4.69) is 20.5 Å². The monoisotopic (exact) mass is 434 g/mol. The molecule has 0 saturated carbocycles. The summed E-state index contributed by atoms with van der Waals surface area (Å²) in [7, 11) is -3.95. The molecule has 0 unspecified atom stereocenters. The maximum Gasteiger partial charge on any atom is 0.453 e. The fraction of sp³-hybridized carbons (Fsp3) is 0.357. The third-order valence-electron chi connectivity index (χ3n) is 4.55. The first-order chi connectivity index (χ1) is 13.5. The molecule has 3 aromatic rings. The van der Waals surface area contributed by atoms with E-state index < -0.39 is 33.6 Å². The van der Waals surface area contributed by atoms with Crippen molar-refractivity contribution in [2.75, 3.05) is 25.0 Å². The second kappa shape index (κ2) is 6.36. The van der Waals surface area contributed by atoms with E-state index in [1.807, 2.05) is 0 Å². The molecular weight excluding hydrogens is 420 g/mol. The number of anilines is 1. The molecule has 0 spiro atoms. The third kappa shape index (κ3) is 3.51. The lowest BCUT2D eigenvalue weighted by molar-refractivity contribution is -0.144. The van der Waals surface area contributed by atoms with Gasteiger partial charge in [0.15, 0.2) is 11.5 Å². The highest BCUT2D eigenvalue weighted by atomic mass is 32.2. The van der Waals surface area contributed by atoms with E-state index in [0.717, 1.165) is 21.2 Å². The lowest BCUT2D eigenvalue weighted by atomic mass is 9.92. The van der Waals surface area contributed by atoms with Crippen molar-refractivity contribution >= 4 is 21.7 Å². The van der Waals surface area contributed by atoms with Crippen LogP contribution in [-0.2, 0) is 21.9 Å². The molecule has 1 aliphatic heterocycles. The smallest absolute Gasteiger partial charge is 0.367 e. The molecule has 3 aromatic heterocycles. The van der Waals surface area contributed by atoms with E-state index in [4.69, 9.17) is 5.14 Å². The zero-order chi connectivity index (χ0) is 21.0. The van der Waals surface area contributed by atoms with Crippen LogP contribution in [0.3, 0.4) is 0 Å². The molecule has 4 heterocycles. The first-order valence-electron chi connectivity index (χ1n) is 8.13. The Morgan fingerprint density at radius 1 is 1.28 bits per heavy atom. The van der Waals surface area contributed by atoms with Crippen LogP contribution in [-0.4, -0.2) is 56.7 Å². The van der Waals surface area contributed by atoms with Crippen LogP contribution in [0.4, 0.5) is 23.4 Å². The first-order valence-corrected chi connectivity index (χ1v) is 9.64. The second-order valence-electron chi connectivity index (χ2n) is 6.61. The minimum absolute atomic E-state index is 0.0143. The van der Waals surface area contributed by atoms with E-state index in [-0.39, 0.29) is 31.1 Å². The van der Waals surface area contributed by atoms with Crippen LogP contribution >= 0.6 is 0 Å². The van der Waals surface area contributed by atoms with E-state index >= 15 is 0 Å².